The zero-order valence-electron chi connectivity index (χ0n) is 17.0. The van der Waals surface area contributed by atoms with Gasteiger partial charge in [0.1, 0.15) is 0 Å². The first-order chi connectivity index (χ1) is 14.0. The van der Waals surface area contributed by atoms with Crippen molar-refractivity contribution in [2.45, 2.75) is 40.2 Å². The van der Waals surface area contributed by atoms with Gasteiger partial charge >= 0.3 is 0 Å². The van der Waals surface area contributed by atoms with E-state index in [1.807, 2.05) is 16.1 Å². The topological polar surface area (TPSA) is 41.7 Å². The number of aryl methyl sites for hydroxylation is 5. The van der Waals surface area contributed by atoms with E-state index in [2.05, 4.69) is 62.5 Å². The van der Waals surface area contributed by atoms with E-state index < -0.39 is 0 Å². The molecule has 0 amide bonds. The number of hydrogen-bond acceptors (Lipinski definition) is 4. The maximum atomic E-state index is 7.92. The average molecular weight is 420 g/mol. The Balaban J connectivity index is 1.49. The summed E-state index contributed by atoms with van der Waals surface area (Å²) < 4.78 is 2.01. The van der Waals surface area contributed by atoms with Crippen molar-refractivity contribution in [2.75, 3.05) is 0 Å². The van der Waals surface area contributed by atoms with E-state index in [1.54, 1.807) is 11.3 Å². The van der Waals surface area contributed by atoms with E-state index in [4.69, 9.17) is 10.4 Å². The van der Waals surface area contributed by atoms with Gasteiger partial charge in [0.05, 0.1) is 10.7 Å². The van der Waals surface area contributed by atoms with Crippen molar-refractivity contribution in [1.29, 1.82) is 5.41 Å². The molecule has 148 valence electrons. The second kappa shape index (κ2) is 8.47. The van der Waals surface area contributed by atoms with Crippen LogP contribution in [0.4, 0.5) is 0 Å². The third kappa shape index (κ3) is 4.57. The van der Waals surface area contributed by atoms with Gasteiger partial charge in [0.15, 0.2) is 4.80 Å². The minimum Gasteiger partial charge on any atom is -0.324 e. The van der Waals surface area contributed by atoms with Gasteiger partial charge in [-0.2, -0.15) is 0 Å². The Bertz CT molecular complexity index is 1180. The molecule has 29 heavy (non-hydrogen) atoms. The number of aromatic nitrogens is 2. The van der Waals surface area contributed by atoms with E-state index in [1.165, 1.54) is 44.7 Å². The lowest BCUT2D eigenvalue weighted by Crippen LogP contribution is -2.14. The highest BCUT2D eigenvalue weighted by Gasteiger charge is 2.10. The lowest BCUT2D eigenvalue weighted by Gasteiger charge is -2.12. The molecule has 0 atom stereocenters. The molecule has 0 aliphatic heterocycles. The molecule has 0 radical (unpaired) electrons. The molecule has 1 N–H and O–H groups in total. The standard InChI is InChI=1S/C24H25N3S2/c1-16-4-6-19(7-5-16)22-15-29-23(26-22)14-21-13-17(2)20(12-18(21)3)8-9-27-10-11-28-24(27)25/h4-7,10-13,15,25H,8-9,14H2,1-3H3. The molecule has 4 aromatic rings. The minimum absolute atomic E-state index is 0.615. The SMILES string of the molecule is Cc1ccc(-c2csc(Cc3cc(C)c(CCn4ccsc4=N)cc3C)n2)cc1. The van der Waals surface area contributed by atoms with Crippen molar-refractivity contribution in [2.24, 2.45) is 0 Å². The molecule has 0 spiro atoms. The maximum Gasteiger partial charge on any atom is 0.181 e. The molecule has 2 aromatic heterocycles. The molecule has 2 heterocycles. The molecule has 0 unspecified atom stereocenters. The lowest BCUT2D eigenvalue weighted by molar-refractivity contribution is 0.668. The Hall–Kier alpha value is -2.50. The van der Waals surface area contributed by atoms with Crippen LogP contribution in [0.3, 0.4) is 0 Å². The van der Waals surface area contributed by atoms with Crippen molar-refractivity contribution in [1.82, 2.24) is 9.55 Å². The lowest BCUT2D eigenvalue weighted by atomic mass is 9.96. The number of thiazole rings is 2. The Morgan fingerprint density at radius 3 is 2.41 bits per heavy atom. The van der Waals surface area contributed by atoms with Gasteiger partial charge in [0, 0.05) is 35.5 Å². The summed E-state index contributed by atoms with van der Waals surface area (Å²) in [6, 6.07) is 13.2. The van der Waals surface area contributed by atoms with Gasteiger partial charge in [-0.15, -0.1) is 22.7 Å². The molecule has 0 saturated carbocycles. The van der Waals surface area contributed by atoms with Gasteiger partial charge in [-0.25, -0.2) is 4.98 Å². The van der Waals surface area contributed by atoms with Crippen LogP contribution in [0.15, 0.2) is 53.4 Å². The van der Waals surface area contributed by atoms with Crippen LogP contribution < -0.4 is 4.80 Å². The van der Waals surface area contributed by atoms with Gasteiger partial charge in [-0.05, 0) is 49.4 Å². The van der Waals surface area contributed by atoms with E-state index >= 15 is 0 Å². The smallest absolute Gasteiger partial charge is 0.181 e. The molecular formula is C24H25N3S2. The van der Waals surface area contributed by atoms with Crippen molar-refractivity contribution >= 4 is 22.7 Å². The number of benzene rings is 2. The zero-order chi connectivity index (χ0) is 20.4. The Kier molecular flexibility index (Phi) is 5.79. The van der Waals surface area contributed by atoms with Gasteiger partial charge in [0.25, 0.3) is 0 Å². The zero-order valence-corrected chi connectivity index (χ0v) is 18.7. The first kappa shape index (κ1) is 19.8. The van der Waals surface area contributed by atoms with Crippen LogP contribution in [0, 0.1) is 26.2 Å². The van der Waals surface area contributed by atoms with Crippen LogP contribution in [0.2, 0.25) is 0 Å². The Morgan fingerprint density at radius 1 is 0.966 bits per heavy atom. The van der Waals surface area contributed by atoms with Crippen LogP contribution in [0.5, 0.6) is 0 Å². The summed E-state index contributed by atoms with van der Waals surface area (Å²) in [6.45, 7) is 7.35. The van der Waals surface area contributed by atoms with Crippen LogP contribution in [0.1, 0.15) is 32.8 Å². The number of nitrogens with zero attached hydrogens (tertiary/aromatic N) is 2. The highest BCUT2D eigenvalue weighted by atomic mass is 32.1. The van der Waals surface area contributed by atoms with Crippen LogP contribution in [0.25, 0.3) is 11.3 Å². The largest absolute Gasteiger partial charge is 0.324 e. The van der Waals surface area contributed by atoms with E-state index in [9.17, 15) is 0 Å². The quantitative estimate of drug-likeness (QED) is 0.415. The number of hydrogen-bond donors (Lipinski definition) is 1. The summed E-state index contributed by atoms with van der Waals surface area (Å²) in [4.78, 5) is 5.49. The third-order valence-electron chi connectivity index (χ3n) is 5.34. The van der Waals surface area contributed by atoms with Crippen molar-refractivity contribution in [3.05, 3.63) is 91.0 Å². The van der Waals surface area contributed by atoms with Gasteiger partial charge in [0.2, 0.25) is 0 Å². The maximum absolute atomic E-state index is 7.92. The molecule has 3 nitrogen and oxygen atoms in total. The molecule has 0 bridgehead atoms. The Labute approximate surface area is 179 Å². The van der Waals surface area contributed by atoms with Crippen molar-refractivity contribution in [3.63, 3.8) is 0 Å². The summed E-state index contributed by atoms with van der Waals surface area (Å²) in [5.41, 5.74) is 8.87. The molecule has 0 fully saturated rings. The third-order valence-corrected chi connectivity index (χ3v) is 6.90. The fourth-order valence-electron chi connectivity index (χ4n) is 3.53. The predicted molar refractivity (Wildman–Crippen MR) is 123 cm³/mol. The number of nitrogens with one attached hydrogen (secondary N) is 1. The molecule has 0 saturated heterocycles. The highest BCUT2D eigenvalue weighted by Crippen LogP contribution is 2.26. The van der Waals surface area contributed by atoms with Crippen molar-refractivity contribution in [3.8, 4) is 11.3 Å². The summed E-state index contributed by atoms with van der Waals surface area (Å²) in [6.07, 6.45) is 3.83. The van der Waals surface area contributed by atoms with Crippen molar-refractivity contribution < 1.29 is 0 Å². The highest BCUT2D eigenvalue weighted by molar-refractivity contribution is 7.10. The van der Waals surface area contributed by atoms with Gasteiger partial charge in [-0.1, -0.05) is 42.0 Å². The molecule has 4 rings (SSSR count). The van der Waals surface area contributed by atoms with E-state index in [0.717, 1.165) is 30.1 Å². The summed E-state index contributed by atoms with van der Waals surface area (Å²) in [7, 11) is 0. The van der Waals surface area contributed by atoms with Gasteiger partial charge in [-0.3, -0.25) is 5.41 Å². The monoisotopic (exact) mass is 419 g/mol. The molecule has 0 aliphatic rings. The fourth-order valence-corrected chi connectivity index (χ4v) is 4.98. The first-order valence-electron chi connectivity index (χ1n) is 9.78. The average Bonchev–Trinajstić information content (AvgIpc) is 3.33. The predicted octanol–water partition coefficient (Wildman–Crippen LogP) is 5.91. The second-order valence-electron chi connectivity index (χ2n) is 7.53. The van der Waals surface area contributed by atoms with E-state index in [-0.39, 0.29) is 0 Å². The summed E-state index contributed by atoms with van der Waals surface area (Å²) in [5.74, 6) is 0. The molecule has 2 aromatic carbocycles. The van der Waals surface area contributed by atoms with Gasteiger partial charge < -0.3 is 4.57 Å². The summed E-state index contributed by atoms with van der Waals surface area (Å²) in [5, 5.41) is 13.2. The van der Waals surface area contributed by atoms with Crippen LogP contribution in [-0.2, 0) is 19.4 Å². The van der Waals surface area contributed by atoms with Crippen LogP contribution in [-0.4, -0.2) is 9.55 Å². The van der Waals surface area contributed by atoms with E-state index in [0.29, 0.717) is 4.80 Å². The fraction of sp³-hybridized carbons (Fsp3) is 0.250. The normalized spacial score (nSPS) is 11.1. The molecule has 5 heteroatoms. The van der Waals surface area contributed by atoms with Crippen LogP contribution >= 0.6 is 22.7 Å². The number of rotatable bonds is 6. The molecule has 0 aliphatic carbocycles. The second-order valence-corrected chi connectivity index (χ2v) is 9.36. The Morgan fingerprint density at radius 2 is 1.69 bits per heavy atom. The minimum atomic E-state index is 0.615. The summed E-state index contributed by atoms with van der Waals surface area (Å²) >= 11 is 3.21. The molecular weight excluding hydrogens is 394 g/mol. The first-order valence-corrected chi connectivity index (χ1v) is 11.5.